The lowest BCUT2D eigenvalue weighted by molar-refractivity contribution is 0.102. The molecule has 5 aromatic rings. The molecular formula is C26H19ClN2O4S. The van der Waals surface area contributed by atoms with Crippen molar-refractivity contribution in [2.45, 2.75) is 11.8 Å². The fourth-order valence-electron chi connectivity index (χ4n) is 3.70. The van der Waals surface area contributed by atoms with Crippen LogP contribution in [0, 0.1) is 6.92 Å². The van der Waals surface area contributed by atoms with Gasteiger partial charge in [-0.25, -0.2) is 8.42 Å². The van der Waals surface area contributed by atoms with E-state index in [-0.39, 0.29) is 21.2 Å². The normalized spacial score (nSPS) is 11.6. The van der Waals surface area contributed by atoms with Crippen LogP contribution in [0.25, 0.3) is 21.9 Å². The van der Waals surface area contributed by atoms with Gasteiger partial charge in [0.15, 0.2) is 0 Å². The summed E-state index contributed by atoms with van der Waals surface area (Å²) >= 11 is 6.32. The molecule has 6 nitrogen and oxygen atoms in total. The van der Waals surface area contributed by atoms with E-state index in [9.17, 15) is 13.2 Å². The van der Waals surface area contributed by atoms with Crippen LogP contribution in [0.2, 0.25) is 5.02 Å². The van der Waals surface area contributed by atoms with Gasteiger partial charge in [-0.1, -0.05) is 47.5 Å². The Balaban J connectivity index is 1.35. The molecule has 1 heterocycles. The van der Waals surface area contributed by atoms with Crippen LogP contribution in [0.3, 0.4) is 0 Å². The highest BCUT2D eigenvalue weighted by atomic mass is 35.5. The first-order valence-corrected chi connectivity index (χ1v) is 12.3. The zero-order valence-electron chi connectivity index (χ0n) is 18.0. The number of para-hydroxylation sites is 1. The number of nitrogens with one attached hydrogen (secondary N) is 2. The van der Waals surface area contributed by atoms with E-state index in [1.54, 1.807) is 24.3 Å². The fraction of sp³-hybridized carbons (Fsp3) is 0.0385. The Morgan fingerprint density at radius 3 is 2.29 bits per heavy atom. The molecule has 0 aliphatic carbocycles. The van der Waals surface area contributed by atoms with Gasteiger partial charge in [-0.05, 0) is 55.5 Å². The van der Waals surface area contributed by atoms with Crippen LogP contribution in [-0.2, 0) is 10.0 Å². The Kier molecular flexibility index (Phi) is 5.51. The van der Waals surface area contributed by atoms with Crippen LogP contribution in [0.15, 0.2) is 94.2 Å². The molecule has 0 atom stereocenters. The van der Waals surface area contributed by atoms with E-state index in [1.807, 2.05) is 37.3 Å². The van der Waals surface area contributed by atoms with E-state index >= 15 is 0 Å². The maximum absolute atomic E-state index is 12.8. The number of rotatable bonds is 5. The van der Waals surface area contributed by atoms with Gasteiger partial charge in [0, 0.05) is 22.5 Å². The van der Waals surface area contributed by atoms with Crippen LogP contribution in [-0.4, -0.2) is 14.3 Å². The molecule has 2 N–H and O–H groups in total. The molecule has 0 spiro atoms. The van der Waals surface area contributed by atoms with E-state index in [2.05, 4.69) is 10.0 Å². The molecule has 5 rings (SSSR count). The third kappa shape index (κ3) is 4.23. The minimum absolute atomic E-state index is 0.117. The van der Waals surface area contributed by atoms with E-state index < -0.39 is 15.9 Å². The number of sulfonamides is 1. The first-order valence-electron chi connectivity index (χ1n) is 10.4. The molecular weight excluding hydrogens is 472 g/mol. The lowest BCUT2D eigenvalue weighted by atomic mass is 10.1. The molecule has 34 heavy (non-hydrogen) atoms. The summed E-state index contributed by atoms with van der Waals surface area (Å²) in [5.74, 6) is -0.423. The SMILES string of the molecule is Cc1ccc(S(=O)(=O)Nc2ccc(C(=O)Nc3ccc4c(c3)oc3ccccc34)c(Cl)c2)cc1. The smallest absolute Gasteiger partial charge is 0.261 e. The summed E-state index contributed by atoms with van der Waals surface area (Å²) in [6.45, 7) is 1.88. The third-order valence-electron chi connectivity index (χ3n) is 5.43. The average molecular weight is 491 g/mol. The van der Waals surface area contributed by atoms with Gasteiger partial charge in [0.2, 0.25) is 0 Å². The molecule has 0 aliphatic rings. The quantitative estimate of drug-likeness (QED) is 0.290. The summed E-state index contributed by atoms with van der Waals surface area (Å²) in [6, 6.07) is 24.0. The first-order chi connectivity index (χ1) is 16.3. The second kappa shape index (κ2) is 8.52. The second-order valence-electron chi connectivity index (χ2n) is 7.88. The zero-order valence-corrected chi connectivity index (χ0v) is 19.6. The number of fused-ring (bicyclic) bond motifs is 3. The predicted octanol–water partition coefficient (Wildman–Crippen LogP) is 6.60. The Morgan fingerprint density at radius 1 is 0.824 bits per heavy atom. The predicted molar refractivity (Wildman–Crippen MR) is 135 cm³/mol. The van der Waals surface area contributed by atoms with Gasteiger partial charge in [0.1, 0.15) is 11.2 Å². The van der Waals surface area contributed by atoms with Gasteiger partial charge in [0.25, 0.3) is 15.9 Å². The van der Waals surface area contributed by atoms with Crippen LogP contribution < -0.4 is 10.0 Å². The fourth-order valence-corrected chi connectivity index (χ4v) is 5.01. The van der Waals surface area contributed by atoms with E-state index in [1.165, 1.54) is 30.3 Å². The lowest BCUT2D eigenvalue weighted by Gasteiger charge is -2.11. The minimum Gasteiger partial charge on any atom is -0.456 e. The molecule has 0 saturated heterocycles. The highest BCUT2D eigenvalue weighted by molar-refractivity contribution is 7.92. The van der Waals surface area contributed by atoms with E-state index in [0.717, 1.165) is 21.9 Å². The number of carbonyl (C=O) groups excluding carboxylic acids is 1. The van der Waals surface area contributed by atoms with Gasteiger partial charge >= 0.3 is 0 Å². The maximum atomic E-state index is 12.8. The number of amides is 1. The molecule has 0 bridgehead atoms. The van der Waals surface area contributed by atoms with Crippen LogP contribution in [0.4, 0.5) is 11.4 Å². The van der Waals surface area contributed by atoms with Crippen LogP contribution in [0.5, 0.6) is 0 Å². The Bertz CT molecular complexity index is 1660. The molecule has 8 heteroatoms. The lowest BCUT2D eigenvalue weighted by Crippen LogP contribution is -2.15. The summed E-state index contributed by atoms with van der Waals surface area (Å²) in [5.41, 5.74) is 3.41. The van der Waals surface area contributed by atoms with E-state index in [4.69, 9.17) is 16.0 Å². The number of aryl methyl sites for hydroxylation is 1. The van der Waals surface area contributed by atoms with E-state index in [0.29, 0.717) is 11.3 Å². The molecule has 0 fully saturated rings. The topological polar surface area (TPSA) is 88.4 Å². The minimum atomic E-state index is -3.78. The number of anilines is 2. The summed E-state index contributed by atoms with van der Waals surface area (Å²) in [7, 11) is -3.78. The van der Waals surface area contributed by atoms with Gasteiger partial charge < -0.3 is 9.73 Å². The summed E-state index contributed by atoms with van der Waals surface area (Å²) in [5, 5.41) is 4.89. The van der Waals surface area contributed by atoms with Crippen molar-refractivity contribution in [1.82, 2.24) is 0 Å². The summed E-state index contributed by atoms with van der Waals surface area (Å²) < 4.78 is 33.6. The summed E-state index contributed by atoms with van der Waals surface area (Å²) in [6.07, 6.45) is 0. The van der Waals surface area contributed by atoms with Gasteiger partial charge in [0.05, 0.1) is 21.2 Å². The molecule has 0 unspecified atom stereocenters. The van der Waals surface area contributed by atoms with Crippen molar-refractivity contribution in [1.29, 1.82) is 0 Å². The number of furan rings is 1. The first kappa shape index (κ1) is 22.0. The van der Waals surface area contributed by atoms with Crippen molar-refractivity contribution in [3.05, 3.63) is 101 Å². The second-order valence-corrected chi connectivity index (χ2v) is 9.97. The standard InChI is InChI=1S/C26H19ClN2O4S/c1-16-6-10-19(11-7-16)34(31,32)29-18-9-13-22(23(27)14-18)26(30)28-17-8-12-21-20-4-2-3-5-24(20)33-25(21)15-17/h2-15,29H,1H3,(H,28,30). The number of benzene rings is 4. The van der Waals surface area contributed by atoms with Crippen LogP contribution >= 0.6 is 11.6 Å². The molecule has 1 amide bonds. The van der Waals surface area contributed by atoms with Gasteiger partial charge in [-0.15, -0.1) is 0 Å². The number of halogens is 1. The largest absolute Gasteiger partial charge is 0.456 e. The molecule has 4 aromatic carbocycles. The molecule has 0 saturated carbocycles. The number of hydrogen-bond acceptors (Lipinski definition) is 4. The Morgan fingerprint density at radius 2 is 1.53 bits per heavy atom. The third-order valence-corrected chi connectivity index (χ3v) is 7.14. The highest BCUT2D eigenvalue weighted by Crippen LogP contribution is 2.31. The van der Waals surface area contributed by atoms with Crippen LogP contribution in [0.1, 0.15) is 15.9 Å². The summed E-state index contributed by atoms with van der Waals surface area (Å²) in [4.78, 5) is 13.0. The number of hydrogen-bond donors (Lipinski definition) is 2. The monoisotopic (exact) mass is 490 g/mol. The van der Waals surface area contributed by atoms with Gasteiger partial charge in [-0.3, -0.25) is 9.52 Å². The van der Waals surface area contributed by atoms with Crippen molar-refractivity contribution in [2.24, 2.45) is 0 Å². The highest BCUT2D eigenvalue weighted by Gasteiger charge is 2.17. The van der Waals surface area contributed by atoms with Gasteiger partial charge in [-0.2, -0.15) is 0 Å². The molecule has 0 radical (unpaired) electrons. The Labute approximate surface area is 201 Å². The van der Waals surface area contributed by atoms with Crippen molar-refractivity contribution in [3.63, 3.8) is 0 Å². The molecule has 0 aliphatic heterocycles. The Hall–Kier alpha value is -3.81. The maximum Gasteiger partial charge on any atom is 0.261 e. The van der Waals surface area contributed by atoms with Crippen molar-refractivity contribution < 1.29 is 17.6 Å². The van der Waals surface area contributed by atoms with Crippen molar-refractivity contribution in [2.75, 3.05) is 10.0 Å². The van der Waals surface area contributed by atoms with Crippen molar-refractivity contribution in [3.8, 4) is 0 Å². The number of carbonyl (C=O) groups is 1. The molecule has 1 aromatic heterocycles. The molecule has 170 valence electrons. The average Bonchev–Trinajstić information content (AvgIpc) is 3.17. The zero-order chi connectivity index (χ0) is 23.9. The van der Waals surface area contributed by atoms with Crippen molar-refractivity contribution >= 4 is 60.8 Å².